The number of carbonyl (C=O) groups is 1. The Kier molecular flexibility index (Phi) is 2.49. The molecule has 0 saturated carbocycles. The van der Waals surface area contributed by atoms with Crippen LogP contribution in [0.3, 0.4) is 0 Å². The second-order valence-corrected chi connectivity index (χ2v) is 4.98. The second kappa shape index (κ2) is 3.89. The van der Waals surface area contributed by atoms with Crippen molar-refractivity contribution in [3.05, 3.63) is 29.3 Å². The Labute approximate surface area is 104 Å². The highest BCUT2D eigenvalue weighted by Crippen LogP contribution is 2.32. The minimum atomic E-state index is -0.348. The molecule has 0 bridgehead atoms. The maximum absolute atomic E-state index is 11.9. The predicted octanol–water partition coefficient (Wildman–Crippen LogP) is 2.03. The summed E-state index contributed by atoms with van der Waals surface area (Å²) in [7, 11) is 0. The van der Waals surface area contributed by atoms with Gasteiger partial charge in [0.1, 0.15) is 5.60 Å². The lowest BCUT2D eigenvalue weighted by Gasteiger charge is -2.19. The lowest BCUT2D eigenvalue weighted by molar-refractivity contribution is 0.0733. The molecule has 1 atom stereocenters. The van der Waals surface area contributed by atoms with Crippen molar-refractivity contribution in [1.82, 2.24) is 5.32 Å². The molecule has 1 N–H and O–H groups in total. The average molecular weight is 253 g/mol. The fourth-order valence-corrected chi connectivity index (χ4v) is 2.59. The van der Waals surface area contributed by atoms with E-state index < -0.39 is 0 Å². The van der Waals surface area contributed by atoms with E-state index >= 15 is 0 Å². The number of ether oxygens (including phenoxy) is 1. The Hall–Kier alpha value is -1.26. The van der Waals surface area contributed by atoms with Gasteiger partial charge in [-0.25, -0.2) is 4.79 Å². The highest BCUT2D eigenvalue weighted by Gasteiger charge is 2.47. The summed E-state index contributed by atoms with van der Waals surface area (Å²) in [6, 6.07) is 7.28. The first-order valence-electron chi connectivity index (χ1n) is 5.65. The molecule has 5 heteroatoms. The van der Waals surface area contributed by atoms with E-state index in [-0.39, 0.29) is 11.7 Å². The molecule has 2 aliphatic rings. The van der Waals surface area contributed by atoms with Gasteiger partial charge in [0.05, 0.1) is 6.54 Å². The Morgan fingerprint density at radius 3 is 3.06 bits per heavy atom. The van der Waals surface area contributed by atoms with Crippen molar-refractivity contribution in [2.75, 3.05) is 24.5 Å². The van der Waals surface area contributed by atoms with E-state index in [1.54, 1.807) is 17.0 Å². The van der Waals surface area contributed by atoms with E-state index in [9.17, 15) is 4.79 Å². The van der Waals surface area contributed by atoms with Gasteiger partial charge in [-0.1, -0.05) is 17.7 Å². The lowest BCUT2D eigenvalue weighted by Crippen LogP contribution is -2.36. The largest absolute Gasteiger partial charge is 0.439 e. The maximum atomic E-state index is 11.9. The summed E-state index contributed by atoms with van der Waals surface area (Å²) in [6.07, 6.45) is 0.589. The molecule has 4 nitrogen and oxygen atoms in total. The summed E-state index contributed by atoms with van der Waals surface area (Å²) in [5, 5.41) is 3.85. The molecule has 3 rings (SSSR count). The van der Waals surface area contributed by atoms with E-state index in [2.05, 4.69) is 5.32 Å². The molecule has 17 heavy (non-hydrogen) atoms. The number of nitrogens with zero attached hydrogens (tertiary/aromatic N) is 1. The molecule has 0 unspecified atom stereocenters. The van der Waals surface area contributed by atoms with Crippen LogP contribution in [0.15, 0.2) is 24.3 Å². The smallest absolute Gasteiger partial charge is 0.415 e. The van der Waals surface area contributed by atoms with Crippen molar-refractivity contribution in [3.63, 3.8) is 0 Å². The number of rotatable bonds is 1. The predicted molar refractivity (Wildman–Crippen MR) is 65.5 cm³/mol. The zero-order valence-corrected chi connectivity index (χ0v) is 10.0. The van der Waals surface area contributed by atoms with Crippen LogP contribution >= 0.6 is 11.6 Å². The molecule has 1 aromatic rings. The van der Waals surface area contributed by atoms with E-state index in [4.69, 9.17) is 16.3 Å². The van der Waals surface area contributed by atoms with Gasteiger partial charge in [0.15, 0.2) is 0 Å². The maximum Gasteiger partial charge on any atom is 0.415 e. The fourth-order valence-electron chi connectivity index (χ4n) is 2.41. The molecule has 2 aliphatic heterocycles. The van der Waals surface area contributed by atoms with Gasteiger partial charge in [-0.15, -0.1) is 0 Å². The quantitative estimate of drug-likeness (QED) is 0.832. The van der Waals surface area contributed by atoms with Crippen molar-refractivity contribution in [3.8, 4) is 0 Å². The Morgan fingerprint density at radius 1 is 1.47 bits per heavy atom. The first kappa shape index (κ1) is 10.9. The number of carbonyl (C=O) groups excluding carboxylic acids is 1. The van der Waals surface area contributed by atoms with Gasteiger partial charge in [0.2, 0.25) is 0 Å². The molecule has 2 fully saturated rings. The number of amides is 1. The first-order chi connectivity index (χ1) is 8.19. The summed E-state index contributed by atoms with van der Waals surface area (Å²) in [4.78, 5) is 13.5. The van der Waals surface area contributed by atoms with Crippen LogP contribution in [-0.2, 0) is 4.74 Å². The molecular weight excluding hydrogens is 240 g/mol. The van der Waals surface area contributed by atoms with Crippen molar-refractivity contribution in [1.29, 1.82) is 0 Å². The second-order valence-electron chi connectivity index (χ2n) is 4.54. The number of hydrogen-bond donors (Lipinski definition) is 1. The minimum absolute atomic E-state index is 0.282. The van der Waals surface area contributed by atoms with Crippen molar-refractivity contribution < 1.29 is 9.53 Å². The molecule has 1 spiro atoms. The first-order valence-corrected chi connectivity index (χ1v) is 6.03. The van der Waals surface area contributed by atoms with Gasteiger partial charge in [0.25, 0.3) is 0 Å². The molecular formula is C12H13ClN2O2. The van der Waals surface area contributed by atoms with Gasteiger partial charge in [-0.3, -0.25) is 4.90 Å². The van der Waals surface area contributed by atoms with Gasteiger partial charge in [0, 0.05) is 23.7 Å². The number of anilines is 1. The average Bonchev–Trinajstić information content (AvgIpc) is 2.87. The minimum Gasteiger partial charge on any atom is -0.439 e. The number of hydrogen-bond acceptors (Lipinski definition) is 3. The summed E-state index contributed by atoms with van der Waals surface area (Å²) >= 11 is 5.93. The van der Waals surface area contributed by atoms with Crippen molar-refractivity contribution in [2.45, 2.75) is 12.0 Å². The van der Waals surface area contributed by atoms with Crippen LogP contribution in [0.1, 0.15) is 6.42 Å². The normalized spacial score (nSPS) is 27.8. The molecule has 2 heterocycles. The topological polar surface area (TPSA) is 41.6 Å². The molecule has 2 saturated heterocycles. The molecule has 0 radical (unpaired) electrons. The Morgan fingerprint density at radius 2 is 2.35 bits per heavy atom. The van der Waals surface area contributed by atoms with Crippen LogP contribution in [0.25, 0.3) is 0 Å². The number of benzene rings is 1. The zero-order valence-electron chi connectivity index (χ0n) is 9.28. The summed E-state index contributed by atoms with van der Waals surface area (Å²) in [5.74, 6) is 0. The van der Waals surface area contributed by atoms with Crippen LogP contribution in [0, 0.1) is 0 Å². The number of halogens is 1. The fraction of sp³-hybridized carbons (Fsp3) is 0.417. The van der Waals surface area contributed by atoms with Gasteiger partial charge < -0.3 is 10.1 Å². The lowest BCUT2D eigenvalue weighted by atomic mass is 10.0. The van der Waals surface area contributed by atoms with E-state index in [1.807, 2.05) is 12.1 Å². The van der Waals surface area contributed by atoms with Crippen molar-refractivity contribution >= 4 is 23.4 Å². The van der Waals surface area contributed by atoms with Crippen LogP contribution in [0.5, 0.6) is 0 Å². The van der Waals surface area contributed by atoms with Crippen LogP contribution in [0.4, 0.5) is 10.5 Å². The third kappa shape index (κ3) is 1.87. The standard InChI is InChI=1S/C12H13ClN2O2/c13-9-2-1-3-10(6-9)15-8-12(17-11(15)16)4-5-14-7-12/h1-3,6,14H,4-5,7-8H2/t12-/m0/s1. The van der Waals surface area contributed by atoms with Crippen molar-refractivity contribution in [2.24, 2.45) is 0 Å². The van der Waals surface area contributed by atoms with Gasteiger partial charge in [-0.2, -0.15) is 0 Å². The summed E-state index contributed by atoms with van der Waals surface area (Å²) in [6.45, 7) is 2.23. The number of nitrogens with one attached hydrogen (secondary N) is 1. The van der Waals surface area contributed by atoms with Gasteiger partial charge >= 0.3 is 6.09 Å². The SMILES string of the molecule is O=C1O[C@]2(CCNC2)CN1c1cccc(Cl)c1. The van der Waals surface area contributed by atoms with E-state index in [1.165, 1.54) is 0 Å². The van der Waals surface area contributed by atoms with Crippen LogP contribution in [-0.4, -0.2) is 31.3 Å². The van der Waals surface area contributed by atoms with Crippen LogP contribution in [0.2, 0.25) is 5.02 Å². The highest BCUT2D eigenvalue weighted by atomic mass is 35.5. The van der Waals surface area contributed by atoms with Crippen LogP contribution < -0.4 is 10.2 Å². The van der Waals surface area contributed by atoms with E-state index in [0.29, 0.717) is 11.6 Å². The molecule has 1 amide bonds. The molecule has 0 aromatic heterocycles. The molecule has 90 valence electrons. The Balaban J connectivity index is 1.87. The third-order valence-electron chi connectivity index (χ3n) is 3.29. The summed E-state index contributed by atoms with van der Waals surface area (Å²) < 4.78 is 5.50. The van der Waals surface area contributed by atoms with Gasteiger partial charge in [-0.05, 0) is 24.7 Å². The molecule has 1 aromatic carbocycles. The highest BCUT2D eigenvalue weighted by molar-refractivity contribution is 6.30. The Bertz CT molecular complexity index is 458. The summed E-state index contributed by atoms with van der Waals surface area (Å²) in [5.41, 5.74) is 0.450. The third-order valence-corrected chi connectivity index (χ3v) is 3.53. The zero-order chi connectivity index (χ0) is 11.9. The van der Waals surface area contributed by atoms with E-state index in [0.717, 1.165) is 25.2 Å². The monoisotopic (exact) mass is 252 g/mol. The molecule has 0 aliphatic carbocycles.